The van der Waals surface area contributed by atoms with Crippen molar-refractivity contribution in [2.45, 2.75) is 20.8 Å². The fourth-order valence-electron chi connectivity index (χ4n) is 2.73. The standard InChI is InChI=1S/C21H23ClN4O2/c1-5-28-18-9-7-6-8-16(18)24-20-11-14(3)23-21(26-20)25-17-10-13(2)15(22)12-19(17)27-4/h6-12H,5H2,1-4H3,(H2,23,24,25,26). The number of hydrogen-bond acceptors (Lipinski definition) is 6. The Morgan fingerprint density at radius 1 is 0.964 bits per heavy atom. The van der Waals surface area contributed by atoms with Crippen LogP contribution in [0.5, 0.6) is 11.5 Å². The number of nitrogens with one attached hydrogen (secondary N) is 2. The second kappa shape index (κ2) is 8.80. The van der Waals surface area contributed by atoms with E-state index in [0.717, 1.165) is 28.4 Å². The molecule has 3 aromatic rings. The Bertz CT molecular complexity index is 979. The molecule has 0 amide bonds. The van der Waals surface area contributed by atoms with Gasteiger partial charge in [0.1, 0.15) is 17.3 Å². The van der Waals surface area contributed by atoms with Crippen LogP contribution < -0.4 is 20.1 Å². The molecule has 0 radical (unpaired) electrons. The van der Waals surface area contributed by atoms with Gasteiger partial charge in [0.05, 0.1) is 25.1 Å². The van der Waals surface area contributed by atoms with Crippen LogP contribution in [0.1, 0.15) is 18.2 Å². The molecule has 146 valence electrons. The summed E-state index contributed by atoms with van der Waals surface area (Å²) in [6.45, 7) is 6.39. The van der Waals surface area contributed by atoms with E-state index in [1.807, 2.05) is 57.2 Å². The van der Waals surface area contributed by atoms with Crippen LogP contribution in [0.25, 0.3) is 0 Å². The molecule has 7 heteroatoms. The highest BCUT2D eigenvalue weighted by Crippen LogP contribution is 2.33. The first-order valence-electron chi connectivity index (χ1n) is 8.96. The Labute approximate surface area is 169 Å². The summed E-state index contributed by atoms with van der Waals surface area (Å²) in [6, 6.07) is 13.3. The Balaban J connectivity index is 1.90. The number of anilines is 4. The lowest BCUT2D eigenvalue weighted by molar-refractivity contribution is 0.342. The summed E-state index contributed by atoms with van der Waals surface area (Å²) in [7, 11) is 1.60. The van der Waals surface area contributed by atoms with Crippen molar-refractivity contribution in [1.82, 2.24) is 9.97 Å². The van der Waals surface area contributed by atoms with E-state index in [1.54, 1.807) is 13.2 Å². The number of nitrogens with zero attached hydrogens (tertiary/aromatic N) is 2. The van der Waals surface area contributed by atoms with Crippen molar-refractivity contribution in [3.05, 3.63) is 58.7 Å². The molecule has 0 aliphatic rings. The summed E-state index contributed by atoms with van der Waals surface area (Å²) in [4.78, 5) is 9.05. The largest absolute Gasteiger partial charge is 0.495 e. The van der Waals surface area contributed by atoms with Crippen molar-refractivity contribution >= 4 is 34.7 Å². The van der Waals surface area contributed by atoms with E-state index in [4.69, 9.17) is 21.1 Å². The summed E-state index contributed by atoms with van der Waals surface area (Å²) >= 11 is 6.19. The van der Waals surface area contributed by atoms with E-state index in [9.17, 15) is 0 Å². The second-order valence-electron chi connectivity index (χ2n) is 6.20. The third-order valence-corrected chi connectivity index (χ3v) is 4.44. The highest BCUT2D eigenvalue weighted by molar-refractivity contribution is 6.31. The van der Waals surface area contributed by atoms with E-state index >= 15 is 0 Å². The van der Waals surface area contributed by atoms with E-state index < -0.39 is 0 Å². The third-order valence-electron chi connectivity index (χ3n) is 4.03. The molecule has 0 unspecified atom stereocenters. The molecule has 0 spiro atoms. The number of halogens is 1. The van der Waals surface area contributed by atoms with E-state index in [0.29, 0.717) is 29.1 Å². The lowest BCUT2D eigenvalue weighted by atomic mass is 10.2. The van der Waals surface area contributed by atoms with Crippen molar-refractivity contribution in [2.24, 2.45) is 0 Å². The van der Waals surface area contributed by atoms with Gasteiger partial charge in [0.25, 0.3) is 0 Å². The predicted molar refractivity (Wildman–Crippen MR) is 114 cm³/mol. The first-order valence-corrected chi connectivity index (χ1v) is 9.33. The van der Waals surface area contributed by atoms with Crippen molar-refractivity contribution < 1.29 is 9.47 Å². The summed E-state index contributed by atoms with van der Waals surface area (Å²) in [5.41, 5.74) is 3.34. The fraction of sp³-hybridized carbons (Fsp3) is 0.238. The van der Waals surface area contributed by atoms with Gasteiger partial charge < -0.3 is 20.1 Å². The number of hydrogen-bond donors (Lipinski definition) is 2. The topological polar surface area (TPSA) is 68.3 Å². The van der Waals surface area contributed by atoms with Crippen LogP contribution in [-0.2, 0) is 0 Å². The SMILES string of the molecule is CCOc1ccccc1Nc1cc(C)nc(Nc2cc(C)c(Cl)cc2OC)n1. The Kier molecular flexibility index (Phi) is 6.21. The highest BCUT2D eigenvalue weighted by atomic mass is 35.5. The van der Waals surface area contributed by atoms with Gasteiger partial charge in [-0.25, -0.2) is 4.98 Å². The molecule has 0 fully saturated rings. The minimum Gasteiger partial charge on any atom is -0.495 e. The summed E-state index contributed by atoms with van der Waals surface area (Å²) in [6.07, 6.45) is 0. The van der Waals surface area contributed by atoms with Gasteiger partial charge in [-0.05, 0) is 44.5 Å². The van der Waals surface area contributed by atoms with Gasteiger partial charge in [0, 0.05) is 22.8 Å². The van der Waals surface area contributed by atoms with Crippen molar-refractivity contribution in [2.75, 3.05) is 24.4 Å². The molecular formula is C21H23ClN4O2. The molecule has 2 aromatic carbocycles. The lowest BCUT2D eigenvalue weighted by Gasteiger charge is -2.15. The maximum atomic E-state index is 6.19. The number of methoxy groups -OCH3 is 1. The molecule has 2 N–H and O–H groups in total. The number of benzene rings is 2. The fourth-order valence-corrected chi connectivity index (χ4v) is 2.88. The number of para-hydroxylation sites is 2. The smallest absolute Gasteiger partial charge is 0.229 e. The number of rotatable bonds is 7. The highest BCUT2D eigenvalue weighted by Gasteiger charge is 2.11. The zero-order chi connectivity index (χ0) is 20.1. The molecule has 1 aromatic heterocycles. The number of ether oxygens (including phenoxy) is 2. The lowest BCUT2D eigenvalue weighted by Crippen LogP contribution is -2.04. The van der Waals surface area contributed by atoms with Crippen LogP contribution in [0, 0.1) is 13.8 Å². The molecule has 0 aliphatic heterocycles. The molecule has 0 saturated carbocycles. The maximum absolute atomic E-state index is 6.19. The molecular weight excluding hydrogens is 376 g/mol. The van der Waals surface area contributed by atoms with Gasteiger partial charge in [0.15, 0.2) is 0 Å². The summed E-state index contributed by atoms with van der Waals surface area (Å²) < 4.78 is 11.1. The van der Waals surface area contributed by atoms with Crippen LogP contribution in [0.3, 0.4) is 0 Å². The van der Waals surface area contributed by atoms with Gasteiger partial charge in [-0.15, -0.1) is 0 Å². The Morgan fingerprint density at radius 3 is 2.50 bits per heavy atom. The molecule has 0 saturated heterocycles. The number of aryl methyl sites for hydroxylation is 2. The minimum atomic E-state index is 0.455. The monoisotopic (exact) mass is 398 g/mol. The van der Waals surface area contributed by atoms with Crippen molar-refractivity contribution in [1.29, 1.82) is 0 Å². The van der Waals surface area contributed by atoms with Gasteiger partial charge in [-0.3, -0.25) is 0 Å². The maximum Gasteiger partial charge on any atom is 0.229 e. The zero-order valence-electron chi connectivity index (χ0n) is 16.3. The molecule has 0 bridgehead atoms. The van der Waals surface area contributed by atoms with Crippen LogP contribution in [0.15, 0.2) is 42.5 Å². The molecule has 0 atom stereocenters. The van der Waals surface area contributed by atoms with Crippen LogP contribution in [-0.4, -0.2) is 23.7 Å². The van der Waals surface area contributed by atoms with E-state index in [2.05, 4.69) is 20.6 Å². The average Bonchev–Trinajstić information content (AvgIpc) is 2.66. The quantitative estimate of drug-likeness (QED) is 0.536. The van der Waals surface area contributed by atoms with Gasteiger partial charge in [0.2, 0.25) is 5.95 Å². The molecule has 3 rings (SSSR count). The molecule has 0 aliphatic carbocycles. The summed E-state index contributed by atoms with van der Waals surface area (Å²) in [5.74, 6) is 2.51. The van der Waals surface area contributed by atoms with Gasteiger partial charge in [-0.2, -0.15) is 4.98 Å². The Morgan fingerprint density at radius 2 is 1.75 bits per heavy atom. The zero-order valence-corrected chi connectivity index (χ0v) is 17.1. The molecule has 28 heavy (non-hydrogen) atoms. The second-order valence-corrected chi connectivity index (χ2v) is 6.61. The van der Waals surface area contributed by atoms with Crippen molar-refractivity contribution in [3.8, 4) is 11.5 Å². The van der Waals surface area contributed by atoms with Gasteiger partial charge in [-0.1, -0.05) is 23.7 Å². The summed E-state index contributed by atoms with van der Waals surface area (Å²) in [5, 5.41) is 7.17. The van der Waals surface area contributed by atoms with Crippen molar-refractivity contribution in [3.63, 3.8) is 0 Å². The number of aromatic nitrogens is 2. The van der Waals surface area contributed by atoms with E-state index in [1.165, 1.54) is 0 Å². The van der Waals surface area contributed by atoms with Crippen LogP contribution >= 0.6 is 11.6 Å². The van der Waals surface area contributed by atoms with Crippen LogP contribution in [0.2, 0.25) is 5.02 Å². The predicted octanol–water partition coefficient (Wildman–Crippen LogP) is 5.64. The Hall–Kier alpha value is -2.99. The van der Waals surface area contributed by atoms with Crippen LogP contribution in [0.4, 0.5) is 23.1 Å². The van der Waals surface area contributed by atoms with Gasteiger partial charge >= 0.3 is 0 Å². The average molecular weight is 399 g/mol. The molecule has 1 heterocycles. The van der Waals surface area contributed by atoms with E-state index in [-0.39, 0.29) is 0 Å². The first-order chi connectivity index (χ1) is 13.5. The normalized spacial score (nSPS) is 10.5. The minimum absolute atomic E-state index is 0.455. The molecule has 6 nitrogen and oxygen atoms in total. The third kappa shape index (κ3) is 4.64. The first kappa shape index (κ1) is 19.8.